The number of nitrogens with one attached hydrogen (secondary N) is 1. The molecule has 3 aromatic rings. The Morgan fingerprint density at radius 2 is 1.81 bits per heavy atom. The van der Waals surface area contributed by atoms with Gasteiger partial charge in [-0.1, -0.05) is 41.4 Å². The van der Waals surface area contributed by atoms with Gasteiger partial charge >= 0.3 is 6.18 Å². The monoisotopic (exact) mass is 635 g/mol. The SMILES string of the molecule is COc1ccc(C(F)(F)F)cc1NC(=O)CN1C(=O)S/C(=C\c2cc(Cl)c(OCc3ccccc3C#N)c(Cl)c2)C1=O. The van der Waals surface area contributed by atoms with Crippen LogP contribution in [0.15, 0.2) is 59.5 Å². The molecule has 4 rings (SSSR count). The highest BCUT2D eigenvalue weighted by Gasteiger charge is 2.37. The third kappa shape index (κ3) is 6.99. The van der Waals surface area contributed by atoms with Crippen molar-refractivity contribution in [2.75, 3.05) is 19.0 Å². The summed E-state index contributed by atoms with van der Waals surface area (Å²) in [5.74, 6) is -1.60. The number of methoxy groups -OCH3 is 1. The summed E-state index contributed by atoms with van der Waals surface area (Å²) in [5.41, 5.74) is 0.120. The van der Waals surface area contributed by atoms with Crippen molar-refractivity contribution < 1.29 is 37.0 Å². The molecule has 8 nitrogen and oxygen atoms in total. The molecule has 1 fully saturated rings. The Morgan fingerprint density at radius 1 is 1.12 bits per heavy atom. The summed E-state index contributed by atoms with van der Waals surface area (Å²) >= 11 is 13.3. The van der Waals surface area contributed by atoms with E-state index in [9.17, 15) is 32.8 Å². The Morgan fingerprint density at radius 3 is 2.45 bits per heavy atom. The minimum atomic E-state index is -4.66. The molecule has 1 aliphatic rings. The van der Waals surface area contributed by atoms with E-state index in [0.717, 1.165) is 12.1 Å². The van der Waals surface area contributed by atoms with Crippen LogP contribution in [-0.4, -0.2) is 35.6 Å². The first-order chi connectivity index (χ1) is 19.9. The van der Waals surface area contributed by atoms with Gasteiger partial charge in [-0.2, -0.15) is 18.4 Å². The van der Waals surface area contributed by atoms with Gasteiger partial charge in [-0.3, -0.25) is 19.3 Å². The lowest BCUT2D eigenvalue weighted by atomic mass is 10.1. The molecule has 14 heteroatoms. The molecule has 3 amide bonds. The fourth-order valence-electron chi connectivity index (χ4n) is 3.81. The molecular weight excluding hydrogens is 618 g/mol. The average molecular weight is 636 g/mol. The maximum Gasteiger partial charge on any atom is 0.416 e. The van der Waals surface area contributed by atoms with E-state index >= 15 is 0 Å². The van der Waals surface area contributed by atoms with Crippen LogP contribution in [0.25, 0.3) is 6.08 Å². The summed E-state index contributed by atoms with van der Waals surface area (Å²) < 4.78 is 50.0. The lowest BCUT2D eigenvalue weighted by molar-refractivity contribution is -0.137. The van der Waals surface area contributed by atoms with Gasteiger partial charge in [0.25, 0.3) is 11.1 Å². The van der Waals surface area contributed by atoms with Crippen LogP contribution in [0.2, 0.25) is 10.0 Å². The first-order valence-corrected chi connectivity index (χ1v) is 13.4. The van der Waals surface area contributed by atoms with Gasteiger partial charge < -0.3 is 14.8 Å². The minimum Gasteiger partial charge on any atom is -0.495 e. The fraction of sp³-hybridized carbons (Fsp3) is 0.143. The second-order valence-corrected chi connectivity index (χ2v) is 10.4. The number of carbonyl (C=O) groups is 3. The average Bonchev–Trinajstić information content (AvgIpc) is 3.19. The first kappa shape index (κ1) is 30.8. The molecule has 0 aliphatic carbocycles. The minimum absolute atomic E-state index is 0.0237. The second-order valence-electron chi connectivity index (χ2n) is 8.60. The zero-order valence-corrected chi connectivity index (χ0v) is 23.7. The summed E-state index contributed by atoms with van der Waals surface area (Å²) in [7, 11) is 1.21. The van der Waals surface area contributed by atoms with Crippen LogP contribution in [0, 0.1) is 11.3 Å². The van der Waals surface area contributed by atoms with Gasteiger partial charge in [-0.05, 0) is 59.8 Å². The van der Waals surface area contributed by atoms with Crippen LogP contribution < -0.4 is 14.8 Å². The highest BCUT2D eigenvalue weighted by molar-refractivity contribution is 8.18. The third-order valence-electron chi connectivity index (χ3n) is 5.80. The van der Waals surface area contributed by atoms with Crippen molar-refractivity contribution in [2.45, 2.75) is 12.8 Å². The highest BCUT2D eigenvalue weighted by Crippen LogP contribution is 2.38. The Labute approximate surface area is 251 Å². The number of anilines is 1. The van der Waals surface area contributed by atoms with Gasteiger partial charge in [0.15, 0.2) is 5.75 Å². The van der Waals surface area contributed by atoms with Crippen molar-refractivity contribution >= 4 is 63.8 Å². The molecule has 0 spiro atoms. The Balaban J connectivity index is 1.46. The summed E-state index contributed by atoms with van der Waals surface area (Å²) in [4.78, 5) is 38.7. The molecule has 0 saturated carbocycles. The molecule has 1 heterocycles. The summed E-state index contributed by atoms with van der Waals surface area (Å²) in [5, 5.41) is 11.0. The topological polar surface area (TPSA) is 109 Å². The number of imide groups is 1. The van der Waals surface area contributed by atoms with E-state index in [0.29, 0.717) is 39.4 Å². The molecule has 3 aromatic carbocycles. The van der Waals surface area contributed by atoms with E-state index in [1.807, 2.05) is 0 Å². The quantitative estimate of drug-likeness (QED) is 0.262. The van der Waals surface area contributed by atoms with Gasteiger partial charge in [0, 0.05) is 5.56 Å². The molecule has 1 saturated heterocycles. The number of alkyl halides is 3. The van der Waals surface area contributed by atoms with E-state index in [2.05, 4.69) is 11.4 Å². The normalized spacial score (nSPS) is 14.2. The van der Waals surface area contributed by atoms with Crippen molar-refractivity contribution in [2.24, 2.45) is 0 Å². The van der Waals surface area contributed by atoms with Crippen LogP contribution in [0.1, 0.15) is 22.3 Å². The Kier molecular flexibility index (Phi) is 9.36. The van der Waals surface area contributed by atoms with E-state index in [1.54, 1.807) is 24.3 Å². The van der Waals surface area contributed by atoms with Gasteiger partial charge in [0.1, 0.15) is 18.9 Å². The number of benzene rings is 3. The summed E-state index contributed by atoms with van der Waals surface area (Å²) in [6.07, 6.45) is -3.31. The lowest BCUT2D eigenvalue weighted by Gasteiger charge is -2.16. The number of hydrogen-bond donors (Lipinski definition) is 1. The predicted octanol–water partition coefficient (Wildman–Crippen LogP) is 7.15. The Hall–Kier alpha value is -4.18. The van der Waals surface area contributed by atoms with E-state index in [4.69, 9.17) is 32.7 Å². The van der Waals surface area contributed by atoms with Crippen molar-refractivity contribution in [3.05, 3.63) is 91.8 Å². The Bertz CT molecular complexity index is 1630. The maximum atomic E-state index is 13.1. The van der Waals surface area contributed by atoms with Crippen LogP contribution in [0.5, 0.6) is 11.5 Å². The molecule has 0 atom stereocenters. The highest BCUT2D eigenvalue weighted by atomic mass is 35.5. The number of ether oxygens (including phenoxy) is 2. The largest absolute Gasteiger partial charge is 0.495 e. The molecule has 1 aliphatic heterocycles. The zero-order valence-electron chi connectivity index (χ0n) is 21.4. The number of amides is 3. The van der Waals surface area contributed by atoms with Crippen molar-refractivity contribution in [3.63, 3.8) is 0 Å². The second kappa shape index (κ2) is 12.8. The van der Waals surface area contributed by atoms with Crippen molar-refractivity contribution in [1.82, 2.24) is 4.90 Å². The first-order valence-electron chi connectivity index (χ1n) is 11.8. The zero-order chi connectivity index (χ0) is 30.6. The number of rotatable bonds is 8. The van der Waals surface area contributed by atoms with Gasteiger partial charge in [-0.25, -0.2) is 0 Å². The maximum absolute atomic E-state index is 13.1. The van der Waals surface area contributed by atoms with Gasteiger partial charge in [-0.15, -0.1) is 0 Å². The number of halogens is 5. The molecule has 1 N–H and O–H groups in total. The number of nitrogens with zero attached hydrogens (tertiary/aromatic N) is 2. The van der Waals surface area contributed by atoms with Crippen molar-refractivity contribution in [1.29, 1.82) is 5.26 Å². The molecule has 0 bridgehead atoms. The van der Waals surface area contributed by atoms with E-state index in [1.165, 1.54) is 25.3 Å². The van der Waals surface area contributed by atoms with Crippen LogP contribution in [0.4, 0.5) is 23.7 Å². The van der Waals surface area contributed by atoms with Crippen LogP contribution in [0.3, 0.4) is 0 Å². The van der Waals surface area contributed by atoms with Gasteiger partial charge in [0.05, 0.1) is 44.9 Å². The van der Waals surface area contributed by atoms with E-state index < -0.39 is 35.3 Å². The molecule has 0 radical (unpaired) electrons. The number of hydrogen-bond acceptors (Lipinski definition) is 7. The fourth-order valence-corrected chi connectivity index (χ4v) is 5.26. The lowest BCUT2D eigenvalue weighted by Crippen LogP contribution is -2.36. The standard InChI is InChI=1S/C28H18Cl2F3N3O5S/c1-40-22-7-6-18(28(31,32)33)11-21(22)35-24(37)13-36-26(38)23(42-27(36)39)10-15-8-19(29)25(20(30)9-15)41-14-17-5-3-2-4-16(17)12-34/h2-11H,13-14H2,1H3,(H,35,37)/b23-10-. The van der Waals surface area contributed by atoms with Gasteiger partial charge in [0.2, 0.25) is 5.91 Å². The smallest absolute Gasteiger partial charge is 0.416 e. The molecule has 0 unspecified atom stereocenters. The number of nitriles is 1. The molecular formula is C28H18Cl2F3N3O5S. The third-order valence-corrected chi connectivity index (χ3v) is 7.27. The van der Waals surface area contributed by atoms with E-state index in [-0.39, 0.29) is 38.7 Å². The van der Waals surface area contributed by atoms with Crippen LogP contribution >= 0.6 is 35.0 Å². The molecule has 216 valence electrons. The molecule has 0 aromatic heterocycles. The predicted molar refractivity (Wildman–Crippen MR) is 151 cm³/mol. The number of thioether (sulfide) groups is 1. The van der Waals surface area contributed by atoms with Crippen molar-refractivity contribution in [3.8, 4) is 17.6 Å². The summed E-state index contributed by atoms with van der Waals surface area (Å²) in [6, 6.07) is 14.3. The van der Waals surface area contributed by atoms with Crippen LogP contribution in [-0.2, 0) is 22.4 Å². The molecule has 42 heavy (non-hydrogen) atoms. The summed E-state index contributed by atoms with van der Waals surface area (Å²) in [6.45, 7) is -0.726. The number of carbonyl (C=O) groups excluding carboxylic acids is 3.